The lowest BCUT2D eigenvalue weighted by Crippen LogP contribution is -2.40. The van der Waals surface area contributed by atoms with E-state index < -0.39 is 26.4 Å². The number of carbonyl (C=O) groups is 1. The zero-order valence-corrected chi connectivity index (χ0v) is 23.1. The van der Waals surface area contributed by atoms with Crippen LogP contribution in [0.4, 0.5) is 14.6 Å². The Kier molecular flexibility index (Phi) is 6.86. The van der Waals surface area contributed by atoms with E-state index in [0.29, 0.717) is 53.8 Å². The van der Waals surface area contributed by atoms with E-state index in [-0.39, 0.29) is 29.8 Å². The van der Waals surface area contributed by atoms with Crippen molar-refractivity contribution >= 4 is 32.8 Å². The van der Waals surface area contributed by atoms with Gasteiger partial charge < -0.3 is 15.2 Å². The van der Waals surface area contributed by atoms with Crippen molar-refractivity contribution in [3.63, 3.8) is 0 Å². The summed E-state index contributed by atoms with van der Waals surface area (Å²) in [5.41, 5.74) is 8.03. The van der Waals surface area contributed by atoms with Crippen LogP contribution in [-0.2, 0) is 14.8 Å². The molecule has 216 valence electrons. The van der Waals surface area contributed by atoms with Gasteiger partial charge in [0.15, 0.2) is 0 Å². The number of sulfonamides is 1. The number of rotatable bonds is 5. The number of carbonyl (C=O) groups excluding carboxylic acids is 1. The molecule has 0 bridgehead atoms. The van der Waals surface area contributed by atoms with Crippen LogP contribution in [0.15, 0.2) is 79.2 Å². The van der Waals surface area contributed by atoms with Crippen LogP contribution >= 0.6 is 0 Å². The molecule has 0 spiro atoms. The Morgan fingerprint density at radius 1 is 1.07 bits per heavy atom. The number of piperidine rings is 1. The zero-order valence-electron chi connectivity index (χ0n) is 22.3. The van der Waals surface area contributed by atoms with Crippen molar-refractivity contribution in [1.29, 1.82) is 0 Å². The summed E-state index contributed by atoms with van der Waals surface area (Å²) in [7, 11) is -4.36. The maximum Gasteiger partial charge on any atom is 0.272 e. The lowest BCUT2D eigenvalue weighted by Gasteiger charge is -2.32. The first kappa shape index (κ1) is 27.7. The van der Waals surface area contributed by atoms with Gasteiger partial charge in [-0.25, -0.2) is 32.3 Å². The Hall–Kier alpha value is -4.49. The minimum Gasteiger partial charge on any atom is -0.383 e. The summed E-state index contributed by atoms with van der Waals surface area (Å²) in [5, 5.41) is 6.05. The minimum absolute atomic E-state index is 0.0211. The molecule has 1 fully saturated rings. The number of aromatic nitrogens is 4. The SMILES string of the molecule is Nc1ncnc2c1c(-c1ccc(C3(S(N)(=O)=O)C=CC(F)=CC3)c(F)c1)cn2C1CCN(C(=O)c2ccccn2)CC1. The highest BCUT2D eigenvalue weighted by molar-refractivity contribution is 7.90. The second-order valence-corrected chi connectivity index (χ2v) is 12.2. The molecule has 4 heterocycles. The molecule has 13 heteroatoms. The number of pyridine rings is 1. The normalized spacial score (nSPS) is 19.7. The molecule has 1 aromatic carbocycles. The first-order valence-corrected chi connectivity index (χ1v) is 14.8. The molecule has 1 amide bonds. The van der Waals surface area contributed by atoms with E-state index in [0.717, 1.165) is 18.2 Å². The second-order valence-electron chi connectivity index (χ2n) is 10.4. The van der Waals surface area contributed by atoms with Crippen molar-refractivity contribution in [3.8, 4) is 11.1 Å². The van der Waals surface area contributed by atoms with Crippen LogP contribution in [0.2, 0.25) is 0 Å². The molecule has 4 N–H and O–H groups in total. The number of halogens is 2. The molecule has 0 saturated carbocycles. The largest absolute Gasteiger partial charge is 0.383 e. The van der Waals surface area contributed by atoms with Gasteiger partial charge in [-0.15, -0.1) is 0 Å². The predicted octanol–water partition coefficient (Wildman–Crippen LogP) is 3.99. The molecule has 2 aliphatic rings. The van der Waals surface area contributed by atoms with Gasteiger partial charge in [0, 0.05) is 42.7 Å². The van der Waals surface area contributed by atoms with Gasteiger partial charge in [0.05, 0.1) is 5.39 Å². The van der Waals surface area contributed by atoms with E-state index in [4.69, 9.17) is 10.9 Å². The smallest absolute Gasteiger partial charge is 0.272 e. The van der Waals surface area contributed by atoms with Crippen molar-refractivity contribution in [1.82, 2.24) is 24.4 Å². The van der Waals surface area contributed by atoms with E-state index in [9.17, 15) is 17.6 Å². The molecular weight excluding hydrogens is 564 g/mol. The third kappa shape index (κ3) is 4.64. The van der Waals surface area contributed by atoms with Crippen LogP contribution in [0, 0.1) is 5.82 Å². The predicted molar refractivity (Wildman–Crippen MR) is 153 cm³/mol. The number of hydrogen-bond acceptors (Lipinski definition) is 7. The maximum atomic E-state index is 15.7. The molecule has 42 heavy (non-hydrogen) atoms. The van der Waals surface area contributed by atoms with Crippen LogP contribution in [0.5, 0.6) is 0 Å². The fourth-order valence-electron chi connectivity index (χ4n) is 5.79. The number of nitrogens with zero attached hydrogens (tertiary/aromatic N) is 5. The molecule has 6 rings (SSSR count). The van der Waals surface area contributed by atoms with Crippen molar-refractivity contribution < 1.29 is 22.0 Å². The van der Waals surface area contributed by atoms with Gasteiger partial charge in [-0.1, -0.05) is 24.3 Å². The maximum absolute atomic E-state index is 15.7. The Labute approximate surface area is 240 Å². The molecule has 0 radical (unpaired) electrons. The van der Waals surface area contributed by atoms with Crippen molar-refractivity contribution in [2.75, 3.05) is 18.8 Å². The van der Waals surface area contributed by atoms with E-state index in [1.54, 1.807) is 35.4 Å². The summed E-state index contributed by atoms with van der Waals surface area (Å²) in [6, 6.07) is 9.34. The van der Waals surface area contributed by atoms with Crippen LogP contribution in [-0.4, -0.2) is 51.8 Å². The van der Waals surface area contributed by atoms with Gasteiger partial charge in [0.2, 0.25) is 10.0 Å². The molecule has 1 aliphatic heterocycles. The highest BCUT2D eigenvalue weighted by Crippen LogP contribution is 2.42. The lowest BCUT2D eigenvalue weighted by molar-refractivity contribution is 0.0690. The molecule has 10 nitrogen and oxygen atoms in total. The molecular formula is C29H27F2N7O3S. The molecule has 3 aromatic heterocycles. The first-order valence-electron chi connectivity index (χ1n) is 13.3. The van der Waals surface area contributed by atoms with Crippen molar-refractivity contribution in [3.05, 3.63) is 96.2 Å². The average molecular weight is 592 g/mol. The molecule has 4 aromatic rings. The molecule has 1 saturated heterocycles. The number of allylic oxidation sites excluding steroid dienone is 3. The number of nitrogen functional groups attached to an aromatic ring is 1. The third-order valence-corrected chi connectivity index (χ3v) is 9.56. The van der Waals surface area contributed by atoms with Crippen LogP contribution in [0.25, 0.3) is 22.2 Å². The van der Waals surface area contributed by atoms with Gasteiger partial charge in [0.1, 0.15) is 39.9 Å². The number of amides is 1. The van der Waals surface area contributed by atoms with Gasteiger partial charge in [0.25, 0.3) is 5.91 Å². The quantitative estimate of drug-likeness (QED) is 0.356. The minimum atomic E-state index is -4.36. The van der Waals surface area contributed by atoms with Gasteiger partial charge in [-0.3, -0.25) is 9.78 Å². The highest BCUT2D eigenvalue weighted by Gasteiger charge is 2.44. The summed E-state index contributed by atoms with van der Waals surface area (Å²) in [6.45, 7) is 1.02. The van der Waals surface area contributed by atoms with Gasteiger partial charge >= 0.3 is 0 Å². The third-order valence-electron chi connectivity index (χ3n) is 8.02. The highest BCUT2D eigenvalue weighted by atomic mass is 32.2. The van der Waals surface area contributed by atoms with E-state index in [1.165, 1.54) is 18.5 Å². The Balaban J connectivity index is 1.34. The van der Waals surface area contributed by atoms with Crippen molar-refractivity contribution in [2.45, 2.75) is 30.1 Å². The summed E-state index contributed by atoms with van der Waals surface area (Å²) in [5.74, 6) is -1.36. The number of likely N-dealkylation sites (tertiary alicyclic amines) is 1. The van der Waals surface area contributed by atoms with Crippen LogP contribution in [0.3, 0.4) is 0 Å². The van der Waals surface area contributed by atoms with E-state index >= 15 is 4.39 Å². The average Bonchev–Trinajstić information content (AvgIpc) is 3.38. The number of benzene rings is 1. The Bertz CT molecular complexity index is 1870. The summed E-state index contributed by atoms with van der Waals surface area (Å²) >= 11 is 0. The molecule has 1 unspecified atom stereocenters. The fourth-order valence-corrected chi connectivity index (χ4v) is 6.84. The van der Waals surface area contributed by atoms with E-state index in [2.05, 4.69) is 15.0 Å². The first-order chi connectivity index (χ1) is 20.1. The number of nitrogens with two attached hydrogens (primary N) is 2. The number of hydrogen-bond donors (Lipinski definition) is 2. The van der Waals surface area contributed by atoms with Crippen molar-refractivity contribution in [2.24, 2.45) is 5.14 Å². The number of fused-ring (bicyclic) bond motifs is 1. The van der Waals surface area contributed by atoms with Gasteiger partial charge in [-0.2, -0.15) is 0 Å². The monoisotopic (exact) mass is 591 g/mol. The number of anilines is 1. The fraction of sp³-hybridized carbons (Fsp3) is 0.241. The standard InChI is InChI=1S/C29H27F2N7O3S/c30-19-6-10-29(11-7-19,42(33,40)41)22-5-4-18(15-23(22)31)21-16-38(27-25(21)26(32)35-17-36-27)20-8-13-37(14-9-20)28(39)24-3-1-2-12-34-24/h1-7,10,12,15-17,20H,8-9,11,13-14H2,(H2,32,35,36)(H2,33,40,41). The van der Waals surface area contributed by atoms with E-state index in [1.807, 2.05) is 10.8 Å². The summed E-state index contributed by atoms with van der Waals surface area (Å²) in [6.07, 6.45) is 8.85. The Morgan fingerprint density at radius 2 is 1.86 bits per heavy atom. The second kappa shape index (κ2) is 10.4. The topological polar surface area (TPSA) is 150 Å². The lowest BCUT2D eigenvalue weighted by atomic mass is 9.89. The number of primary sulfonamides is 1. The summed E-state index contributed by atoms with van der Waals surface area (Å²) in [4.78, 5) is 27.4. The zero-order chi connectivity index (χ0) is 29.6. The molecule has 1 atom stereocenters. The Morgan fingerprint density at radius 3 is 2.50 bits per heavy atom. The molecule has 1 aliphatic carbocycles. The van der Waals surface area contributed by atoms with Crippen LogP contribution < -0.4 is 10.9 Å². The van der Waals surface area contributed by atoms with Gasteiger partial charge in [-0.05, 0) is 55.2 Å². The van der Waals surface area contributed by atoms with Crippen LogP contribution in [0.1, 0.15) is 41.4 Å². The summed E-state index contributed by atoms with van der Waals surface area (Å²) < 4.78 is 54.7.